The van der Waals surface area contributed by atoms with Crippen LogP contribution in [0, 0.1) is 11.3 Å². The van der Waals surface area contributed by atoms with E-state index in [1.165, 1.54) is 17.5 Å². The maximum Gasteiger partial charge on any atom is 0.407 e. The summed E-state index contributed by atoms with van der Waals surface area (Å²) in [6, 6.07) is 9.73. The summed E-state index contributed by atoms with van der Waals surface area (Å²) < 4.78 is 7.32. The number of amides is 2. The van der Waals surface area contributed by atoms with Crippen LogP contribution in [0.3, 0.4) is 0 Å². The van der Waals surface area contributed by atoms with E-state index in [0.717, 1.165) is 28.9 Å². The van der Waals surface area contributed by atoms with Crippen molar-refractivity contribution in [3.05, 3.63) is 47.2 Å². The number of anilines is 1. The van der Waals surface area contributed by atoms with Gasteiger partial charge < -0.3 is 20.3 Å². The van der Waals surface area contributed by atoms with Gasteiger partial charge in [0.1, 0.15) is 12.2 Å². The van der Waals surface area contributed by atoms with E-state index >= 15 is 0 Å². The fourth-order valence-corrected chi connectivity index (χ4v) is 5.55. The number of likely N-dealkylation sites (tertiary alicyclic amines) is 1. The predicted molar refractivity (Wildman–Crippen MR) is 159 cm³/mol. The average Bonchev–Trinajstić information content (AvgIpc) is 3.59. The molecule has 2 N–H and O–H groups in total. The van der Waals surface area contributed by atoms with E-state index in [-0.39, 0.29) is 23.1 Å². The maximum absolute atomic E-state index is 13.4. The second kappa shape index (κ2) is 11.7. The number of nitrogens with one attached hydrogen (secondary N) is 2. The number of carbonyl (C=O) groups is 2. The van der Waals surface area contributed by atoms with Gasteiger partial charge in [-0.1, -0.05) is 11.3 Å². The second-order valence-electron chi connectivity index (χ2n) is 11.5. The summed E-state index contributed by atoms with van der Waals surface area (Å²) in [5.74, 6) is -0.242. The summed E-state index contributed by atoms with van der Waals surface area (Å²) in [7, 11) is 0. The first-order chi connectivity index (χ1) is 20.0. The van der Waals surface area contributed by atoms with Gasteiger partial charge in [0, 0.05) is 30.0 Å². The number of rotatable bonds is 6. The lowest BCUT2D eigenvalue weighted by atomic mass is 10.1. The molecular weight excluding hydrogens is 554 g/mol. The fourth-order valence-electron chi connectivity index (χ4n) is 4.71. The van der Waals surface area contributed by atoms with Crippen LogP contribution in [0.2, 0.25) is 0 Å². The van der Waals surface area contributed by atoms with Crippen molar-refractivity contribution in [1.29, 1.82) is 5.26 Å². The smallest absolute Gasteiger partial charge is 0.407 e. The van der Waals surface area contributed by atoms with E-state index in [0.29, 0.717) is 35.8 Å². The number of alkyl carbamates (subject to hydrolysis) is 1. The van der Waals surface area contributed by atoms with Gasteiger partial charge in [-0.3, -0.25) is 9.78 Å². The summed E-state index contributed by atoms with van der Waals surface area (Å²) >= 11 is 1.20. The summed E-state index contributed by atoms with van der Waals surface area (Å²) in [5.41, 5.74) is 3.86. The first-order valence-corrected chi connectivity index (χ1v) is 14.6. The number of nitriles is 1. The molecule has 0 spiro atoms. The number of piperidine rings is 1. The molecule has 218 valence electrons. The van der Waals surface area contributed by atoms with Crippen molar-refractivity contribution in [2.24, 2.45) is 0 Å². The molecule has 2 amide bonds. The van der Waals surface area contributed by atoms with Crippen LogP contribution in [0.5, 0.6) is 0 Å². The quantitative estimate of drug-likeness (QED) is 0.326. The standard InChI is InChI=1S/C29H33N9O3S/c1-17(2)33-22-12-23(24-9-8-19-11-18(13-30)14-32-38(19)24)31-15-21(22)25-35-36-26(42-25)27(39)37-10-6-7-20(16-37)41-28(40)34-29(3,4)5/h8-9,11-12,14-15,17,20H,6-7,10,16H2,1-5H3,(H,31,33)(H,34,40)/t20-/m0/s1. The SMILES string of the molecule is CC(C)Nc1cc(-c2ccc3cc(C#N)cnn23)ncc1-c1nnc(C(=O)N2CCC[C@H](OC(=O)NC(C)(C)C)C2)s1. The Balaban J connectivity index is 1.36. The zero-order valence-corrected chi connectivity index (χ0v) is 25.0. The Bertz CT molecular complexity index is 1660. The molecule has 0 saturated carbocycles. The summed E-state index contributed by atoms with van der Waals surface area (Å²) in [6.07, 6.45) is 3.78. The summed E-state index contributed by atoms with van der Waals surface area (Å²) in [5, 5.41) is 29.2. The molecule has 13 heteroatoms. The Morgan fingerprint density at radius 2 is 2.00 bits per heavy atom. The van der Waals surface area contributed by atoms with Gasteiger partial charge in [-0.25, -0.2) is 9.31 Å². The second-order valence-corrected chi connectivity index (χ2v) is 12.5. The fraction of sp³-hybridized carbons (Fsp3) is 0.414. The van der Waals surface area contributed by atoms with Gasteiger partial charge in [0.05, 0.1) is 40.8 Å². The molecule has 4 aromatic heterocycles. The third-order valence-corrected chi connectivity index (χ3v) is 7.44. The maximum atomic E-state index is 13.4. The minimum atomic E-state index is -0.489. The Morgan fingerprint density at radius 3 is 2.74 bits per heavy atom. The number of ether oxygens (including phenoxy) is 1. The van der Waals surface area contributed by atoms with Crippen molar-refractivity contribution < 1.29 is 14.3 Å². The van der Waals surface area contributed by atoms with E-state index in [4.69, 9.17) is 4.74 Å². The van der Waals surface area contributed by atoms with E-state index in [9.17, 15) is 14.9 Å². The highest BCUT2D eigenvalue weighted by molar-refractivity contribution is 7.16. The van der Waals surface area contributed by atoms with Crippen molar-refractivity contribution in [2.45, 2.75) is 65.1 Å². The molecule has 0 unspecified atom stereocenters. The molecule has 12 nitrogen and oxygen atoms in total. The van der Waals surface area contributed by atoms with Crippen LogP contribution < -0.4 is 10.6 Å². The van der Waals surface area contributed by atoms with Crippen LogP contribution in [0.15, 0.2) is 36.7 Å². The third-order valence-electron chi connectivity index (χ3n) is 6.49. The van der Waals surface area contributed by atoms with Crippen LogP contribution in [0.4, 0.5) is 10.5 Å². The van der Waals surface area contributed by atoms with Gasteiger partial charge in [0.15, 0.2) is 5.01 Å². The van der Waals surface area contributed by atoms with Gasteiger partial charge in [0.2, 0.25) is 5.01 Å². The highest BCUT2D eigenvalue weighted by atomic mass is 32.1. The summed E-state index contributed by atoms with van der Waals surface area (Å²) in [6.45, 7) is 10.6. The van der Waals surface area contributed by atoms with Gasteiger partial charge in [-0.15, -0.1) is 10.2 Å². The van der Waals surface area contributed by atoms with Crippen LogP contribution in [-0.4, -0.2) is 72.5 Å². The van der Waals surface area contributed by atoms with Crippen molar-refractivity contribution in [3.8, 4) is 28.0 Å². The lowest BCUT2D eigenvalue weighted by molar-refractivity contribution is 0.0322. The Kier molecular flexibility index (Phi) is 8.08. The van der Waals surface area contributed by atoms with E-state index in [1.807, 2.05) is 52.8 Å². The molecule has 0 radical (unpaired) electrons. The topological polar surface area (TPSA) is 150 Å². The number of fused-ring (bicyclic) bond motifs is 1. The zero-order chi connectivity index (χ0) is 30.0. The lowest BCUT2D eigenvalue weighted by Crippen LogP contribution is -2.47. The first kappa shape index (κ1) is 28.9. The minimum Gasteiger partial charge on any atom is -0.444 e. The number of aromatic nitrogens is 5. The monoisotopic (exact) mass is 587 g/mol. The molecular formula is C29H33N9O3S. The van der Waals surface area contributed by atoms with E-state index in [2.05, 4.69) is 37.0 Å². The van der Waals surface area contributed by atoms with Crippen molar-refractivity contribution in [2.75, 3.05) is 18.4 Å². The van der Waals surface area contributed by atoms with Crippen molar-refractivity contribution in [1.82, 2.24) is 35.0 Å². The molecule has 1 saturated heterocycles. The van der Waals surface area contributed by atoms with Crippen LogP contribution in [-0.2, 0) is 4.74 Å². The molecule has 5 rings (SSSR count). The lowest BCUT2D eigenvalue weighted by Gasteiger charge is -2.32. The van der Waals surface area contributed by atoms with Gasteiger partial charge in [0.25, 0.3) is 5.91 Å². The Labute approximate surface area is 247 Å². The average molecular weight is 588 g/mol. The zero-order valence-electron chi connectivity index (χ0n) is 24.2. The third kappa shape index (κ3) is 6.49. The normalized spacial score (nSPS) is 15.5. The van der Waals surface area contributed by atoms with E-state index in [1.54, 1.807) is 21.7 Å². The highest BCUT2D eigenvalue weighted by Gasteiger charge is 2.30. The van der Waals surface area contributed by atoms with Crippen LogP contribution in [0.25, 0.3) is 27.5 Å². The molecule has 5 heterocycles. The predicted octanol–water partition coefficient (Wildman–Crippen LogP) is 4.74. The molecule has 1 fully saturated rings. The number of hydrogen-bond donors (Lipinski definition) is 2. The molecule has 42 heavy (non-hydrogen) atoms. The molecule has 1 aliphatic rings. The summed E-state index contributed by atoms with van der Waals surface area (Å²) in [4.78, 5) is 32.0. The Morgan fingerprint density at radius 1 is 1.19 bits per heavy atom. The van der Waals surface area contributed by atoms with Gasteiger partial charge >= 0.3 is 6.09 Å². The first-order valence-electron chi connectivity index (χ1n) is 13.8. The number of nitrogens with zero attached hydrogens (tertiary/aromatic N) is 7. The molecule has 0 bridgehead atoms. The number of pyridine rings is 1. The molecule has 0 aromatic carbocycles. The molecule has 1 aliphatic heterocycles. The molecule has 1 atom stereocenters. The van der Waals surface area contributed by atoms with Gasteiger partial charge in [-0.2, -0.15) is 10.4 Å². The van der Waals surface area contributed by atoms with Crippen molar-refractivity contribution >= 4 is 34.5 Å². The van der Waals surface area contributed by atoms with Crippen LogP contribution >= 0.6 is 11.3 Å². The minimum absolute atomic E-state index is 0.120. The Hall–Kier alpha value is -4.57. The molecule has 4 aromatic rings. The molecule has 0 aliphatic carbocycles. The van der Waals surface area contributed by atoms with Crippen molar-refractivity contribution in [3.63, 3.8) is 0 Å². The highest BCUT2D eigenvalue weighted by Crippen LogP contribution is 2.34. The van der Waals surface area contributed by atoms with E-state index < -0.39 is 11.6 Å². The number of carbonyl (C=O) groups excluding carboxylic acids is 2. The largest absolute Gasteiger partial charge is 0.444 e. The number of hydrogen-bond acceptors (Lipinski definition) is 10. The van der Waals surface area contributed by atoms with Crippen LogP contribution in [0.1, 0.15) is 62.8 Å². The van der Waals surface area contributed by atoms with Gasteiger partial charge in [-0.05, 0) is 71.7 Å².